The van der Waals surface area contributed by atoms with Crippen molar-refractivity contribution in [1.82, 2.24) is 0 Å². The summed E-state index contributed by atoms with van der Waals surface area (Å²) in [6.07, 6.45) is 8.01. The number of benzene rings is 1. The third-order valence-electron chi connectivity index (χ3n) is 6.39. The van der Waals surface area contributed by atoms with Crippen molar-refractivity contribution < 1.29 is 19.2 Å². The van der Waals surface area contributed by atoms with Crippen LogP contribution in [0.5, 0.6) is 0 Å². The molecular formula is C25H22O4. The summed E-state index contributed by atoms with van der Waals surface area (Å²) in [6, 6.07) is 9.40. The van der Waals surface area contributed by atoms with E-state index >= 15 is 0 Å². The normalized spacial score (nSPS) is 31.8. The van der Waals surface area contributed by atoms with Gasteiger partial charge in [-0.05, 0) is 49.6 Å². The lowest BCUT2D eigenvalue weighted by Crippen LogP contribution is -2.56. The van der Waals surface area contributed by atoms with Crippen molar-refractivity contribution in [2.45, 2.75) is 26.7 Å². The first-order valence-electron chi connectivity index (χ1n) is 9.77. The Hall–Kier alpha value is -3.14. The summed E-state index contributed by atoms with van der Waals surface area (Å²) < 4.78 is 0. The Kier molecular flexibility index (Phi) is 4.45. The van der Waals surface area contributed by atoms with Crippen LogP contribution in [0.1, 0.15) is 32.3 Å². The van der Waals surface area contributed by atoms with Crippen LogP contribution in [0, 0.1) is 17.3 Å². The summed E-state index contributed by atoms with van der Waals surface area (Å²) >= 11 is 0. The Morgan fingerprint density at radius 2 is 1.55 bits per heavy atom. The summed E-state index contributed by atoms with van der Waals surface area (Å²) in [5.74, 6) is -3.32. The summed E-state index contributed by atoms with van der Waals surface area (Å²) in [5, 5.41) is 0. The average molecular weight is 386 g/mol. The van der Waals surface area contributed by atoms with E-state index in [0.717, 1.165) is 5.56 Å². The SMILES string of the molecule is C/C=C/[C@@]12C(=O)C=C(C)C(=O)[C@@H]1[C@@H]1C(=O)C(C)=CC(=O)C1=CC2c1ccccc1. The Labute approximate surface area is 169 Å². The van der Waals surface area contributed by atoms with Crippen LogP contribution < -0.4 is 0 Å². The van der Waals surface area contributed by atoms with Crippen LogP contribution >= 0.6 is 0 Å². The minimum atomic E-state index is -1.23. The highest BCUT2D eigenvalue weighted by molar-refractivity contribution is 6.23. The van der Waals surface area contributed by atoms with Gasteiger partial charge < -0.3 is 0 Å². The number of rotatable bonds is 2. The molecule has 1 unspecified atom stereocenters. The van der Waals surface area contributed by atoms with Gasteiger partial charge in [0, 0.05) is 11.5 Å². The van der Waals surface area contributed by atoms with Gasteiger partial charge in [-0.15, -0.1) is 0 Å². The maximum atomic E-state index is 13.5. The van der Waals surface area contributed by atoms with E-state index in [9.17, 15) is 19.2 Å². The summed E-state index contributed by atoms with van der Waals surface area (Å²) in [5.41, 5.74) is 0.601. The molecule has 0 radical (unpaired) electrons. The van der Waals surface area contributed by atoms with Gasteiger partial charge in [0.2, 0.25) is 0 Å². The van der Waals surface area contributed by atoms with E-state index < -0.39 is 23.2 Å². The van der Waals surface area contributed by atoms with Crippen molar-refractivity contribution in [1.29, 1.82) is 0 Å². The molecule has 0 aromatic heterocycles. The second-order valence-electron chi connectivity index (χ2n) is 8.01. The molecule has 0 saturated heterocycles. The quantitative estimate of drug-likeness (QED) is 0.727. The van der Waals surface area contributed by atoms with Gasteiger partial charge in [-0.3, -0.25) is 19.2 Å². The number of allylic oxidation sites excluding steroid dienone is 8. The van der Waals surface area contributed by atoms with Crippen LogP contribution in [-0.4, -0.2) is 23.1 Å². The van der Waals surface area contributed by atoms with Gasteiger partial charge in [-0.25, -0.2) is 0 Å². The monoisotopic (exact) mass is 386 g/mol. The minimum absolute atomic E-state index is 0.200. The highest BCUT2D eigenvalue weighted by atomic mass is 16.2. The number of carbonyl (C=O) groups is 4. The molecular weight excluding hydrogens is 364 g/mol. The molecule has 4 atom stereocenters. The molecule has 4 heteroatoms. The predicted octanol–water partition coefficient (Wildman–Crippen LogP) is 3.70. The van der Waals surface area contributed by atoms with Crippen LogP contribution in [0.15, 0.2) is 77.4 Å². The van der Waals surface area contributed by atoms with Gasteiger partial charge in [-0.2, -0.15) is 0 Å². The fraction of sp³-hybridized carbons (Fsp3) is 0.280. The number of Topliss-reactive ketones (excluding diaryl/α,β-unsaturated/α-hetero) is 2. The predicted molar refractivity (Wildman–Crippen MR) is 109 cm³/mol. The summed E-state index contributed by atoms with van der Waals surface area (Å²) in [4.78, 5) is 52.9. The lowest BCUT2D eigenvalue weighted by atomic mass is 9.48. The van der Waals surface area contributed by atoms with Crippen molar-refractivity contribution in [3.63, 3.8) is 0 Å². The zero-order valence-electron chi connectivity index (χ0n) is 16.6. The highest BCUT2D eigenvalue weighted by Gasteiger charge is 2.61. The summed E-state index contributed by atoms with van der Waals surface area (Å²) in [7, 11) is 0. The van der Waals surface area contributed by atoms with E-state index in [1.54, 1.807) is 39.0 Å². The molecule has 0 bridgehead atoms. The zero-order chi connectivity index (χ0) is 20.9. The average Bonchev–Trinajstić information content (AvgIpc) is 2.70. The van der Waals surface area contributed by atoms with E-state index in [1.165, 1.54) is 12.2 Å². The minimum Gasteiger partial charge on any atom is -0.294 e. The smallest absolute Gasteiger partial charge is 0.182 e. The van der Waals surface area contributed by atoms with Gasteiger partial charge in [-0.1, -0.05) is 48.6 Å². The van der Waals surface area contributed by atoms with E-state index in [-0.39, 0.29) is 23.1 Å². The Bertz CT molecular complexity index is 1070. The van der Waals surface area contributed by atoms with Crippen LogP contribution in [0.4, 0.5) is 0 Å². The fourth-order valence-electron chi connectivity index (χ4n) is 5.10. The number of ketones is 4. The molecule has 0 N–H and O–H groups in total. The first kappa shape index (κ1) is 19.2. The first-order chi connectivity index (χ1) is 13.8. The molecule has 3 aliphatic rings. The molecule has 29 heavy (non-hydrogen) atoms. The van der Waals surface area contributed by atoms with Gasteiger partial charge in [0.1, 0.15) is 0 Å². The number of carbonyl (C=O) groups excluding carboxylic acids is 4. The molecule has 0 aliphatic heterocycles. The lowest BCUT2D eigenvalue weighted by molar-refractivity contribution is -0.141. The van der Waals surface area contributed by atoms with Gasteiger partial charge in [0.15, 0.2) is 23.1 Å². The standard InChI is InChI=1S/C25H22O4/c1-4-10-25-18(16-8-6-5-7-9-16)13-17-19(26)11-14(2)23(28)21(17)22(25)24(29)15(3)12-20(25)27/h4-13,18,21-22H,1-3H3/b10-4+/t18?,21-,22+,25-/m1/s1. The molecule has 1 aromatic carbocycles. The second-order valence-corrected chi connectivity index (χ2v) is 8.01. The molecule has 0 saturated carbocycles. The molecule has 4 rings (SSSR count). The highest BCUT2D eigenvalue weighted by Crippen LogP contribution is 2.57. The molecule has 3 aliphatic carbocycles. The van der Waals surface area contributed by atoms with Crippen molar-refractivity contribution in [2.24, 2.45) is 17.3 Å². The first-order valence-corrected chi connectivity index (χ1v) is 9.77. The maximum absolute atomic E-state index is 13.5. The molecule has 0 fully saturated rings. The molecule has 0 spiro atoms. The fourth-order valence-corrected chi connectivity index (χ4v) is 5.10. The molecule has 146 valence electrons. The van der Waals surface area contributed by atoms with Crippen LogP contribution in [0.2, 0.25) is 0 Å². The Morgan fingerprint density at radius 1 is 0.897 bits per heavy atom. The topological polar surface area (TPSA) is 68.3 Å². The maximum Gasteiger partial charge on any atom is 0.182 e. The van der Waals surface area contributed by atoms with Gasteiger partial charge in [0.05, 0.1) is 17.3 Å². The number of hydrogen-bond donors (Lipinski definition) is 0. The largest absolute Gasteiger partial charge is 0.294 e. The van der Waals surface area contributed by atoms with Crippen molar-refractivity contribution in [3.05, 3.63) is 83.0 Å². The Balaban J connectivity index is 2.10. The van der Waals surface area contributed by atoms with Gasteiger partial charge in [0.25, 0.3) is 0 Å². The number of fused-ring (bicyclic) bond motifs is 3. The van der Waals surface area contributed by atoms with E-state index in [2.05, 4.69) is 0 Å². The lowest BCUT2D eigenvalue weighted by Gasteiger charge is -2.50. The van der Waals surface area contributed by atoms with Crippen LogP contribution in [0.25, 0.3) is 0 Å². The van der Waals surface area contributed by atoms with Crippen LogP contribution in [-0.2, 0) is 19.2 Å². The number of hydrogen-bond acceptors (Lipinski definition) is 4. The van der Waals surface area contributed by atoms with Crippen molar-refractivity contribution in [3.8, 4) is 0 Å². The zero-order valence-corrected chi connectivity index (χ0v) is 16.6. The third-order valence-corrected chi connectivity index (χ3v) is 6.39. The van der Waals surface area contributed by atoms with Gasteiger partial charge >= 0.3 is 0 Å². The molecule has 1 aromatic rings. The Morgan fingerprint density at radius 3 is 2.21 bits per heavy atom. The van der Waals surface area contributed by atoms with Crippen molar-refractivity contribution in [2.75, 3.05) is 0 Å². The molecule has 4 nitrogen and oxygen atoms in total. The second kappa shape index (κ2) is 6.73. The van der Waals surface area contributed by atoms with Crippen molar-refractivity contribution >= 4 is 23.1 Å². The van der Waals surface area contributed by atoms with E-state index in [0.29, 0.717) is 16.7 Å². The van der Waals surface area contributed by atoms with Crippen LogP contribution in [0.3, 0.4) is 0 Å². The van der Waals surface area contributed by atoms with E-state index in [4.69, 9.17) is 0 Å². The molecule has 0 heterocycles. The molecule has 0 amide bonds. The third kappa shape index (κ3) is 2.59. The summed E-state index contributed by atoms with van der Waals surface area (Å²) in [6.45, 7) is 5.00. The van der Waals surface area contributed by atoms with E-state index in [1.807, 2.05) is 30.3 Å².